The van der Waals surface area contributed by atoms with Crippen molar-refractivity contribution in [2.75, 3.05) is 5.32 Å². The van der Waals surface area contributed by atoms with Crippen LogP contribution >= 0.6 is 0 Å². The molecule has 1 aromatic heterocycles. The summed E-state index contributed by atoms with van der Waals surface area (Å²) in [5.74, 6) is 0. The minimum Gasteiger partial charge on any atom is -0.382 e. The van der Waals surface area contributed by atoms with Crippen LogP contribution in [0, 0.1) is 0 Å². The highest BCUT2D eigenvalue weighted by atomic mass is 15.2. The van der Waals surface area contributed by atoms with E-state index in [0.29, 0.717) is 6.04 Å². The van der Waals surface area contributed by atoms with Gasteiger partial charge in [-0.3, -0.25) is 4.68 Å². The van der Waals surface area contributed by atoms with Crippen molar-refractivity contribution < 1.29 is 0 Å². The summed E-state index contributed by atoms with van der Waals surface area (Å²) in [4.78, 5) is 0. The van der Waals surface area contributed by atoms with E-state index in [9.17, 15) is 0 Å². The molecule has 0 saturated heterocycles. The molecule has 0 radical (unpaired) electrons. The highest BCUT2D eigenvalue weighted by Gasteiger charge is 2.16. The SMILES string of the molecule is Cn1ncc2cc(NC3CCC3)ccc21. The lowest BCUT2D eigenvalue weighted by atomic mass is 9.93. The van der Waals surface area contributed by atoms with Gasteiger partial charge in [0.05, 0.1) is 11.7 Å². The van der Waals surface area contributed by atoms with Gasteiger partial charge in [0.1, 0.15) is 0 Å². The van der Waals surface area contributed by atoms with Gasteiger partial charge in [-0.15, -0.1) is 0 Å². The zero-order valence-corrected chi connectivity index (χ0v) is 8.90. The van der Waals surface area contributed by atoms with Crippen LogP contribution in [0.3, 0.4) is 0 Å². The molecule has 0 amide bonds. The largest absolute Gasteiger partial charge is 0.382 e. The van der Waals surface area contributed by atoms with Gasteiger partial charge < -0.3 is 5.32 Å². The summed E-state index contributed by atoms with van der Waals surface area (Å²) in [6, 6.07) is 7.14. The predicted molar refractivity (Wildman–Crippen MR) is 62.0 cm³/mol. The van der Waals surface area contributed by atoms with Crippen molar-refractivity contribution in [1.29, 1.82) is 0 Å². The van der Waals surface area contributed by atoms with Gasteiger partial charge in [0, 0.05) is 24.2 Å². The van der Waals surface area contributed by atoms with E-state index < -0.39 is 0 Å². The Labute approximate surface area is 89.1 Å². The minimum absolute atomic E-state index is 0.694. The molecule has 15 heavy (non-hydrogen) atoms. The van der Waals surface area contributed by atoms with E-state index >= 15 is 0 Å². The number of benzene rings is 1. The number of nitrogens with zero attached hydrogens (tertiary/aromatic N) is 2. The number of aromatic nitrogens is 2. The van der Waals surface area contributed by atoms with Crippen molar-refractivity contribution in [3.63, 3.8) is 0 Å². The Kier molecular flexibility index (Phi) is 1.91. The van der Waals surface area contributed by atoms with E-state index in [1.807, 2.05) is 17.9 Å². The number of fused-ring (bicyclic) bond motifs is 1. The molecule has 78 valence electrons. The van der Waals surface area contributed by atoms with Crippen LogP contribution in [0.15, 0.2) is 24.4 Å². The molecule has 1 saturated carbocycles. The smallest absolute Gasteiger partial charge is 0.0680 e. The fourth-order valence-electron chi connectivity index (χ4n) is 2.04. The Morgan fingerprint density at radius 2 is 2.27 bits per heavy atom. The second-order valence-corrected chi connectivity index (χ2v) is 4.31. The molecule has 1 aromatic carbocycles. The van der Waals surface area contributed by atoms with Crippen LogP contribution in [-0.4, -0.2) is 15.8 Å². The van der Waals surface area contributed by atoms with Crippen molar-refractivity contribution in [3.05, 3.63) is 24.4 Å². The molecule has 3 nitrogen and oxygen atoms in total. The molecular formula is C12H15N3. The van der Waals surface area contributed by atoms with E-state index in [4.69, 9.17) is 0 Å². The molecule has 0 unspecified atom stereocenters. The molecule has 2 aromatic rings. The lowest BCUT2D eigenvalue weighted by Crippen LogP contribution is -2.26. The molecule has 0 aliphatic heterocycles. The van der Waals surface area contributed by atoms with Crippen LogP contribution in [0.4, 0.5) is 5.69 Å². The van der Waals surface area contributed by atoms with Gasteiger partial charge in [-0.1, -0.05) is 0 Å². The third-order valence-corrected chi connectivity index (χ3v) is 3.22. The first-order valence-corrected chi connectivity index (χ1v) is 5.51. The van der Waals surface area contributed by atoms with Crippen LogP contribution in [0.2, 0.25) is 0 Å². The monoisotopic (exact) mass is 201 g/mol. The summed E-state index contributed by atoms with van der Waals surface area (Å²) in [6.07, 6.45) is 5.91. The molecule has 0 bridgehead atoms. The first kappa shape index (κ1) is 8.77. The van der Waals surface area contributed by atoms with Crippen LogP contribution in [0.25, 0.3) is 10.9 Å². The lowest BCUT2D eigenvalue weighted by Gasteiger charge is -2.27. The number of nitrogens with one attached hydrogen (secondary N) is 1. The molecule has 1 aliphatic rings. The van der Waals surface area contributed by atoms with E-state index in [0.717, 1.165) is 0 Å². The Balaban J connectivity index is 1.91. The Hall–Kier alpha value is -1.51. The van der Waals surface area contributed by atoms with E-state index in [2.05, 4.69) is 28.6 Å². The second-order valence-electron chi connectivity index (χ2n) is 4.31. The summed E-state index contributed by atoms with van der Waals surface area (Å²) in [5.41, 5.74) is 2.41. The number of hydrogen-bond acceptors (Lipinski definition) is 2. The fraction of sp³-hybridized carbons (Fsp3) is 0.417. The predicted octanol–water partition coefficient (Wildman–Crippen LogP) is 2.54. The first-order chi connectivity index (χ1) is 7.33. The number of hydrogen-bond donors (Lipinski definition) is 1. The molecule has 3 heteroatoms. The van der Waals surface area contributed by atoms with Crippen molar-refractivity contribution in [2.24, 2.45) is 7.05 Å². The summed E-state index contributed by atoms with van der Waals surface area (Å²) >= 11 is 0. The molecule has 1 heterocycles. The van der Waals surface area contributed by atoms with Crippen molar-refractivity contribution in [1.82, 2.24) is 9.78 Å². The van der Waals surface area contributed by atoms with Crippen molar-refractivity contribution in [3.8, 4) is 0 Å². The lowest BCUT2D eigenvalue weighted by molar-refractivity contribution is 0.445. The van der Waals surface area contributed by atoms with Gasteiger partial charge in [0.2, 0.25) is 0 Å². The zero-order chi connectivity index (χ0) is 10.3. The van der Waals surface area contributed by atoms with Gasteiger partial charge >= 0.3 is 0 Å². The molecule has 1 fully saturated rings. The van der Waals surface area contributed by atoms with Gasteiger partial charge in [-0.05, 0) is 37.5 Å². The second kappa shape index (κ2) is 3.26. The van der Waals surface area contributed by atoms with Gasteiger partial charge in [0.15, 0.2) is 0 Å². The number of aryl methyl sites for hydroxylation is 1. The highest BCUT2D eigenvalue weighted by Crippen LogP contribution is 2.25. The summed E-state index contributed by atoms with van der Waals surface area (Å²) in [7, 11) is 1.97. The molecule has 1 aliphatic carbocycles. The van der Waals surface area contributed by atoms with E-state index in [-0.39, 0.29) is 0 Å². The molecule has 1 N–H and O–H groups in total. The Morgan fingerprint density at radius 3 is 3.00 bits per heavy atom. The molecule has 3 rings (SSSR count). The summed E-state index contributed by atoms with van der Waals surface area (Å²) in [6.45, 7) is 0. The van der Waals surface area contributed by atoms with Crippen molar-refractivity contribution >= 4 is 16.6 Å². The van der Waals surface area contributed by atoms with Crippen LogP contribution < -0.4 is 5.32 Å². The fourth-order valence-corrected chi connectivity index (χ4v) is 2.04. The summed E-state index contributed by atoms with van der Waals surface area (Å²) in [5, 5.41) is 8.99. The van der Waals surface area contributed by atoms with Gasteiger partial charge in [-0.25, -0.2) is 0 Å². The van der Waals surface area contributed by atoms with Crippen molar-refractivity contribution in [2.45, 2.75) is 25.3 Å². The maximum absolute atomic E-state index is 4.24. The number of rotatable bonds is 2. The highest BCUT2D eigenvalue weighted by molar-refractivity contribution is 5.82. The minimum atomic E-state index is 0.694. The van der Waals surface area contributed by atoms with Gasteiger partial charge in [0.25, 0.3) is 0 Å². The maximum atomic E-state index is 4.24. The van der Waals surface area contributed by atoms with Crippen LogP contribution in [-0.2, 0) is 7.05 Å². The first-order valence-electron chi connectivity index (χ1n) is 5.51. The standard InChI is InChI=1S/C12H15N3/c1-15-12-6-5-11(7-9(12)8-13-15)14-10-3-2-4-10/h5-8,10,14H,2-4H2,1H3. The third-order valence-electron chi connectivity index (χ3n) is 3.22. The average molecular weight is 201 g/mol. The summed E-state index contributed by atoms with van der Waals surface area (Å²) < 4.78 is 1.91. The average Bonchev–Trinajstić information content (AvgIpc) is 2.54. The van der Waals surface area contributed by atoms with Crippen LogP contribution in [0.5, 0.6) is 0 Å². The molecule has 0 spiro atoms. The quantitative estimate of drug-likeness (QED) is 0.809. The maximum Gasteiger partial charge on any atom is 0.0680 e. The zero-order valence-electron chi connectivity index (χ0n) is 8.90. The normalized spacial score (nSPS) is 16.6. The Bertz CT molecular complexity index is 483. The third kappa shape index (κ3) is 1.48. The van der Waals surface area contributed by atoms with E-state index in [1.165, 1.54) is 35.9 Å². The molecule has 0 atom stereocenters. The molecular weight excluding hydrogens is 186 g/mol. The van der Waals surface area contributed by atoms with Crippen LogP contribution in [0.1, 0.15) is 19.3 Å². The Morgan fingerprint density at radius 1 is 1.40 bits per heavy atom. The van der Waals surface area contributed by atoms with E-state index in [1.54, 1.807) is 0 Å². The topological polar surface area (TPSA) is 29.9 Å². The number of anilines is 1. The van der Waals surface area contributed by atoms with Gasteiger partial charge in [-0.2, -0.15) is 5.10 Å².